The van der Waals surface area contributed by atoms with Gasteiger partial charge in [-0.1, -0.05) is 23.4 Å². The van der Waals surface area contributed by atoms with Crippen molar-refractivity contribution in [1.82, 2.24) is 15.1 Å². The monoisotopic (exact) mass is 370 g/mol. The van der Waals surface area contributed by atoms with Crippen LogP contribution in [0.25, 0.3) is 5.69 Å². The standard InChI is InChI=1S/C16H14ClF3N4O/c1-10-8-24(23-14(10)15(25)22-9-16(18,19)20)13-5-4-11(3-2-6-21)7-12(13)17/h4-5,7-8H,6,9,21H2,1H3,(H,22,25). The first-order chi connectivity index (χ1) is 11.7. The Labute approximate surface area is 147 Å². The highest BCUT2D eigenvalue weighted by molar-refractivity contribution is 6.32. The lowest BCUT2D eigenvalue weighted by atomic mass is 10.2. The molecule has 132 valence electrons. The molecule has 1 aromatic heterocycles. The molecule has 0 saturated carbocycles. The Kier molecular flexibility index (Phi) is 5.72. The van der Waals surface area contributed by atoms with Crippen LogP contribution in [0.3, 0.4) is 0 Å². The number of hydrogen-bond acceptors (Lipinski definition) is 3. The Morgan fingerprint density at radius 1 is 1.44 bits per heavy atom. The molecule has 5 nitrogen and oxygen atoms in total. The first-order valence-electron chi connectivity index (χ1n) is 7.11. The van der Waals surface area contributed by atoms with Gasteiger partial charge in [-0.25, -0.2) is 4.68 Å². The number of amides is 1. The van der Waals surface area contributed by atoms with E-state index in [1.54, 1.807) is 30.4 Å². The van der Waals surface area contributed by atoms with Gasteiger partial charge in [0.2, 0.25) is 0 Å². The van der Waals surface area contributed by atoms with Gasteiger partial charge in [0.15, 0.2) is 5.69 Å². The van der Waals surface area contributed by atoms with E-state index in [9.17, 15) is 18.0 Å². The molecule has 1 aromatic carbocycles. The van der Waals surface area contributed by atoms with Gasteiger partial charge >= 0.3 is 6.18 Å². The summed E-state index contributed by atoms with van der Waals surface area (Å²) < 4.78 is 37.9. The smallest absolute Gasteiger partial charge is 0.342 e. The zero-order chi connectivity index (χ0) is 18.6. The molecule has 0 radical (unpaired) electrons. The number of benzene rings is 1. The summed E-state index contributed by atoms with van der Waals surface area (Å²) in [6.45, 7) is 0.364. The van der Waals surface area contributed by atoms with Crippen LogP contribution in [0.2, 0.25) is 5.02 Å². The first-order valence-corrected chi connectivity index (χ1v) is 7.49. The maximum absolute atomic E-state index is 12.2. The van der Waals surface area contributed by atoms with Crippen LogP contribution >= 0.6 is 11.6 Å². The van der Waals surface area contributed by atoms with Crippen molar-refractivity contribution in [2.75, 3.05) is 13.1 Å². The third kappa shape index (κ3) is 4.98. The van der Waals surface area contributed by atoms with Gasteiger partial charge in [0, 0.05) is 17.3 Å². The highest BCUT2D eigenvalue weighted by atomic mass is 35.5. The number of rotatable bonds is 3. The predicted molar refractivity (Wildman–Crippen MR) is 87.6 cm³/mol. The molecule has 0 aliphatic carbocycles. The van der Waals surface area contributed by atoms with E-state index in [1.165, 1.54) is 10.9 Å². The number of aryl methyl sites for hydroxylation is 1. The van der Waals surface area contributed by atoms with Crippen LogP contribution in [-0.2, 0) is 0 Å². The number of carbonyl (C=O) groups is 1. The molecule has 0 saturated heterocycles. The van der Waals surface area contributed by atoms with Gasteiger partial charge in [-0.15, -0.1) is 0 Å². The summed E-state index contributed by atoms with van der Waals surface area (Å²) in [4.78, 5) is 11.9. The number of nitrogens with one attached hydrogen (secondary N) is 1. The minimum absolute atomic E-state index is 0.104. The summed E-state index contributed by atoms with van der Waals surface area (Å²) in [6.07, 6.45) is -2.98. The minimum Gasteiger partial charge on any atom is -0.342 e. The summed E-state index contributed by atoms with van der Waals surface area (Å²) in [5, 5.41) is 6.15. The predicted octanol–water partition coefficient (Wildman–Crippen LogP) is 2.44. The molecule has 9 heteroatoms. The van der Waals surface area contributed by atoms with Gasteiger partial charge < -0.3 is 11.1 Å². The molecule has 0 bridgehead atoms. The molecule has 0 unspecified atom stereocenters. The fraction of sp³-hybridized carbons (Fsp3) is 0.250. The van der Waals surface area contributed by atoms with Gasteiger partial charge in [0.25, 0.3) is 5.91 Å². The van der Waals surface area contributed by atoms with Gasteiger partial charge in [0.1, 0.15) is 6.54 Å². The van der Waals surface area contributed by atoms with Crippen LogP contribution in [0, 0.1) is 18.8 Å². The van der Waals surface area contributed by atoms with Crippen molar-refractivity contribution in [2.24, 2.45) is 5.73 Å². The lowest BCUT2D eigenvalue weighted by molar-refractivity contribution is -0.123. The van der Waals surface area contributed by atoms with Crippen molar-refractivity contribution in [3.63, 3.8) is 0 Å². The number of hydrogen-bond donors (Lipinski definition) is 2. The van der Waals surface area contributed by atoms with E-state index >= 15 is 0 Å². The number of alkyl halides is 3. The Morgan fingerprint density at radius 3 is 2.76 bits per heavy atom. The SMILES string of the molecule is Cc1cn(-c2ccc(C#CCN)cc2Cl)nc1C(=O)NCC(F)(F)F. The molecule has 0 aliphatic rings. The van der Waals surface area contributed by atoms with E-state index < -0.39 is 18.6 Å². The van der Waals surface area contributed by atoms with Gasteiger partial charge in [-0.05, 0) is 25.1 Å². The molecule has 3 N–H and O–H groups in total. The van der Waals surface area contributed by atoms with Crippen molar-refractivity contribution in [3.05, 3.63) is 46.2 Å². The zero-order valence-corrected chi connectivity index (χ0v) is 13.9. The van der Waals surface area contributed by atoms with E-state index in [2.05, 4.69) is 16.9 Å². The van der Waals surface area contributed by atoms with Gasteiger partial charge in [-0.3, -0.25) is 4.79 Å². The molecule has 0 spiro atoms. The average molecular weight is 371 g/mol. The second-order valence-corrected chi connectivity index (χ2v) is 5.48. The minimum atomic E-state index is -4.49. The van der Waals surface area contributed by atoms with E-state index in [-0.39, 0.29) is 12.2 Å². The molecule has 1 amide bonds. The van der Waals surface area contributed by atoms with Crippen LogP contribution in [0.15, 0.2) is 24.4 Å². The van der Waals surface area contributed by atoms with Crippen LogP contribution in [0.5, 0.6) is 0 Å². The molecule has 0 fully saturated rings. The fourth-order valence-corrected chi connectivity index (χ4v) is 2.26. The van der Waals surface area contributed by atoms with Crippen LogP contribution in [-0.4, -0.2) is 35.0 Å². The van der Waals surface area contributed by atoms with Crippen LogP contribution in [0.4, 0.5) is 13.2 Å². The number of nitrogens with zero attached hydrogens (tertiary/aromatic N) is 2. The lowest BCUT2D eigenvalue weighted by Crippen LogP contribution is -2.34. The van der Waals surface area contributed by atoms with E-state index in [0.29, 0.717) is 21.8 Å². The van der Waals surface area contributed by atoms with Gasteiger partial charge in [0.05, 0.1) is 17.3 Å². The maximum atomic E-state index is 12.2. The van der Waals surface area contributed by atoms with Gasteiger partial charge in [-0.2, -0.15) is 18.3 Å². The summed E-state index contributed by atoms with van der Waals surface area (Å²) in [6, 6.07) is 4.96. The van der Waals surface area contributed by atoms with Crippen molar-refractivity contribution in [1.29, 1.82) is 0 Å². The first kappa shape index (κ1) is 18.8. The van der Waals surface area contributed by atoms with Crippen molar-refractivity contribution in [3.8, 4) is 17.5 Å². The molecule has 2 aromatic rings. The third-order valence-corrected chi connectivity index (χ3v) is 3.39. The normalized spacial score (nSPS) is 11.0. The quantitative estimate of drug-likeness (QED) is 0.815. The Hall–Kier alpha value is -2.50. The zero-order valence-electron chi connectivity index (χ0n) is 13.1. The number of halogens is 4. The Bertz CT molecular complexity index is 849. The average Bonchev–Trinajstić information content (AvgIpc) is 2.91. The van der Waals surface area contributed by atoms with Crippen molar-refractivity contribution >= 4 is 17.5 Å². The largest absolute Gasteiger partial charge is 0.405 e. The molecule has 0 aliphatic heterocycles. The highest BCUT2D eigenvalue weighted by Crippen LogP contribution is 2.22. The summed E-state index contributed by atoms with van der Waals surface area (Å²) in [5.74, 6) is 4.62. The molecule has 2 rings (SSSR count). The van der Waals surface area contributed by atoms with E-state index in [1.807, 2.05) is 0 Å². The second kappa shape index (κ2) is 7.59. The van der Waals surface area contributed by atoms with Crippen LogP contribution < -0.4 is 11.1 Å². The summed E-state index contributed by atoms with van der Waals surface area (Å²) >= 11 is 6.20. The lowest BCUT2D eigenvalue weighted by Gasteiger charge is -2.07. The fourth-order valence-electron chi connectivity index (χ4n) is 2.00. The molecule has 1 heterocycles. The van der Waals surface area contributed by atoms with Crippen molar-refractivity contribution in [2.45, 2.75) is 13.1 Å². The Morgan fingerprint density at radius 2 is 2.16 bits per heavy atom. The maximum Gasteiger partial charge on any atom is 0.405 e. The van der Waals surface area contributed by atoms with E-state index in [0.717, 1.165) is 0 Å². The number of carbonyl (C=O) groups excluding carboxylic acids is 1. The van der Waals surface area contributed by atoms with E-state index in [4.69, 9.17) is 17.3 Å². The second-order valence-electron chi connectivity index (χ2n) is 5.08. The molecule has 0 atom stereocenters. The highest BCUT2D eigenvalue weighted by Gasteiger charge is 2.28. The number of aromatic nitrogens is 2. The Balaban J connectivity index is 2.26. The third-order valence-electron chi connectivity index (χ3n) is 3.09. The number of nitrogens with two attached hydrogens (primary N) is 1. The van der Waals surface area contributed by atoms with Crippen LogP contribution in [0.1, 0.15) is 21.6 Å². The summed E-state index contributed by atoms with van der Waals surface area (Å²) in [5.41, 5.74) is 6.75. The topological polar surface area (TPSA) is 72.9 Å². The molecule has 25 heavy (non-hydrogen) atoms. The summed E-state index contributed by atoms with van der Waals surface area (Å²) in [7, 11) is 0. The molecular formula is C16H14ClF3N4O. The molecular weight excluding hydrogens is 357 g/mol. The van der Waals surface area contributed by atoms with Crippen molar-refractivity contribution < 1.29 is 18.0 Å².